The fourth-order valence-corrected chi connectivity index (χ4v) is 1.15. The molecule has 0 bridgehead atoms. The number of hydrogen-bond donors (Lipinski definition) is 0. The standard InChI is InChI=1S/C13H16O/c1-9(2)11(4)13(14)12-7-5-10(3)6-8-12/h5-8H,1-4H3. The molecule has 0 aromatic heterocycles. The maximum atomic E-state index is 11.8. The average Bonchev–Trinajstić information content (AvgIpc) is 2.16. The molecule has 1 heteroatoms. The molecule has 0 spiro atoms. The van der Waals surface area contributed by atoms with Crippen molar-refractivity contribution in [2.24, 2.45) is 0 Å². The lowest BCUT2D eigenvalue weighted by Gasteiger charge is -2.03. The third kappa shape index (κ3) is 2.32. The van der Waals surface area contributed by atoms with E-state index in [0.29, 0.717) is 0 Å². The first-order valence-electron chi connectivity index (χ1n) is 4.78. The fraction of sp³-hybridized carbons (Fsp3) is 0.308. The smallest absolute Gasteiger partial charge is 0.188 e. The minimum Gasteiger partial charge on any atom is -0.289 e. The van der Waals surface area contributed by atoms with Crippen LogP contribution in [0, 0.1) is 6.92 Å². The quantitative estimate of drug-likeness (QED) is 0.512. The second kappa shape index (κ2) is 4.23. The summed E-state index contributed by atoms with van der Waals surface area (Å²) >= 11 is 0. The van der Waals surface area contributed by atoms with Gasteiger partial charge in [0.2, 0.25) is 0 Å². The van der Waals surface area contributed by atoms with Crippen LogP contribution in [0.3, 0.4) is 0 Å². The molecular formula is C13H16O. The number of aryl methyl sites for hydroxylation is 1. The second-order valence-corrected chi connectivity index (χ2v) is 3.82. The van der Waals surface area contributed by atoms with Gasteiger partial charge in [-0.25, -0.2) is 0 Å². The van der Waals surface area contributed by atoms with E-state index in [4.69, 9.17) is 0 Å². The van der Waals surface area contributed by atoms with Gasteiger partial charge in [0.25, 0.3) is 0 Å². The Labute approximate surface area is 85.5 Å². The SMILES string of the molecule is CC(C)=C(C)C(=O)c1ccc(C)cc1. The van der Waals surface area contributed by atoms with E-state index in [1.165, 1.54) is 5.56 Å². The minimum atomic E-state index is 0.130. The molecule has 0 fully saturated rings. The Kier molecular flexibility index (Phi) is 3.23. The number of allylic oxidation sites excluding steroid dienone is 2. The summed E-state index contributed by atoms with van der Waals surface area (Å²) in [6.07, 6.45) is 0. The van der Waals surface area contributed by atoms with Crippen molar-refractivity contribution in [2.75, 3.05) is 0 Å². The Bertz CT molecular complexity index is 365. The zero-order valence-electron chi connectivity index (χ0n) is 9.22. The second-order valence-electron chi connectivity index (χ2n) is 3.82. The lowest BCUT2D eigenvalue weighted by atomic mass is 10.0. The van der Waals surface area contributed by atoms with Crippen molar-refractivity contribution in [1.29, 1.82) is 0 Å². The van der Waals surface area contributed by atoms with E-state index in [-0.39, 0.29) is 5.78 Å². The van der Waals surface area contributed by atoms with Crippen molar-refractivity contribution < 1.29 is 4.79 Å². The third-order valence-corrected chi connectivity index (χ3v) is 2.40. The van der Waals surface area contributed by atoms with E-state index in [0.717, 1.165) is 16.7 Å². The normalized spacial score (nSPS) is 9.71. The van der Waals surface area contributed by atoms with Gasteiger partial charge in [-0.3, -0.25) is 4.79 Å². The number of rotatable bonds is 2. The highest BCUT2D eigenvalue weighted by molar-refractivity contribution is 6.08. The zero-order chi connectivity index (χ0) is 10.7. The summed E-state index contributed by atoms with van der Waals surface area (Å²) in [5, 5.41) is 0. The van der Waals surface area contributed by atoms with Gasteiger partial charge in [0.05, 0.1) is 0 Å². The topological polar surface area (TPSA) is 17.1 Å². The molecule has 1 nitrogen and oxygen atoms in total. The van der Waals surface area contributed by atoms with Crippen LogP contribution in [0.5, 0.6) is 0 Å². The van der Waals surface area contributed by atoms with Gasteiger partial charge < -0.3 is 0 Å². The van der Waals surface area contributed by atoms with Gasteiger partial charge >= 0.3 is 0 Å². The van der Waals surface area contributed by atoms with Crippen LogP contribution in [-0.2, 0) is 0 Å². The highest BCUT2D eigenvalue weighted by Crippen LogP contribution is 2.12. The number of hydrogen-bond acceptors (Lipinski definition) is 1. The van der Waals surface area contributed by atoms with Crippen molar-refractivity contribution >= 4 is 5.78 Å². The van der Waals surface area contributed by atoms with Gasteiger partial charge in [0.1, 0.15) is 0 Å². The van der Waals surface area contributed by atoms with Gasteiger partial charge in [0.15, 0.2) is 5.78 Å². The molecule has 0 heterocycles. The summed E-state index contributed by atoms with van der Waals surface area (Å²) in [4.78, 5) is 11.8. The summed E-state index contributed by atoms with van der Waals surface area (Å²) in [7, 11) is 0. The van der Waals surface area contributed by atoms with Crippen LogP contribution >= 0.6 is 0 Å². The van der Waals surface area contributed by atoms with Crippen molar-refractivity contribution in [3.05, 3.63) is 46.5 Å². The van der Waals surface area contributed by atoms with Gasteiger partial charge in [-0.1, -0.05) is 35.4 Å². The Morgan fingerprint density at radius 3 is 1.93 bits per heavy atom. The van der Waals surface area contributed by atoms with Crippen molar-refractivity contribution in [3.63, 3.8) is 0 Å². The minimum absolute atomic E-state index is 0.130. The van der Waals surface area contributed by atoms with Crippen molar-refractivity contribution in [2.45, 2.75) is 27.7 Å². The van der Waals surface area contributed by atoms with E-state index in [1.54, 1.807) is 0 Å². The summed E-state index contributed by atoms with van der Waals surface area (Å²) in [6, 6.07) is 7.69. The van der Waals surface area contributed by atoms with E-state index < -0.39 is 0 Å². The number of carbonyl (C=O) groups excluding carboxylic acids is 1. The van der Waals surface area contributed by atoms with E-state index in [2.05, 4.69) is 0 Å². The molecule has 0 radical (unpaired) electrons. The number of Topliss-reactive ketones (excluding diaryl/α,β-unsaturated/α-hetero) is 1. The predicted octanol–water partition coefficient (Wildman–Crippen LogP) is 3.53. The van der Waals surface area contributed by atoms with Gasteiger partial charge in [0, 0.05) is 5.56 Å². The van der Waals surface area contributed by atoms with Crippen LogP contribution in [0.4, 0.5) is 0 Å². The summed E-state index contributed by atoms with van der Waals surface area (Å²) in [5.41, 5.74) is 3.87. The Hall–Kier alpha value is -1.37. The first-order chi connectivity index (χ1) is 6.52. The number of benzene rings is 1. The first-order valence-corrected chi connectivity index (χ1v) is 4.78. The average molecular weight is 188 g/mol. The van der Waals surface area contributed by atoms with Gasteiger partial charge in [-0.15, -0.1) is 0 Å². The van der Waals surface area contributed by atoms with Crippen LogP contribution in [0.1, 0.15) is 36.7 Å². The van der Waals surface area contributed by atoms with Crippen LogP contribution in [-0.4, -0.2) is 5.78 Å². The molecule has 1 aromatic carbocycles. The van der Waals surface area contributed by atoms with Crippen molar-refractivity contribution in [3.8, 4) is 0 Å². The largest absolute Gasteiger partial charge is 0.289 e. The molecule has 1 aromatic rings. The van der Waals surface area contributed by atoms with Crippen LogP contribution in [0.2, 0.25) is 0 Å². The fourth-order valence-electron chi connectivity index (χ4n) is 1.15. The van der Waals surface area contributed by atoms with Gasteiger partial charge in [-0.2, -0.15) is 0 Å². The lowest BCUT2D eigenvalue weighted by Crippen LogP contribution is -2.01. The zero-order valence-corrected chi connectivity index (χ0v) is 9.22. The molecule has 0 aliphatic rings. The summed E-state index contributed by atoms with van der Waals surface area (Å²) in [5.74, 6) is 0.130. The Morgan fingerprint density at radius 2 is 1.50 bits per heavy atom. The molecule has 0 atom stereocenters. The maximum Gasteiger partial charge on any atom is 0.188 e. The van der Waals surface area contributed by atoms with Crippen LogP contribution in [0.25, 0.3) is 0 Å². The molecule has 0 saturated carbocycles. The highest BCUT2D eigenvalue weighted by atomic mass is 16.1. The number of ketones is 1. The molecule has 74 valence electrons. The molecule has 0 aliphatic carbocycles. The Balaban J connectivity index is 3.02. The Morgan fingerprint density at radius 1 is 1.00 bits per heavy atom. The van der Waals surface area contributed by atoms with E-state index in [1.807, 2.05) is 52.0 Å². The molecule has 0 unspecified atom stereocenters. The van der Waals surface area contributed by atoms with Gasteiger partial charge in [-0.05, 0) is 33.3 Å². The first kappa shape index (κ1) is 10.7. The summed E-state index contributed by atoms with van der Waals surface area (Å²) < 4.78 is 0. The van der Waals surface area contributed by atoms with E-state index >= 15 is 0 Å². The van der Waals surface area contributed by atoms with E-state index in [9.17, 15) is 4.79 Å². The molecule has 14 heavy (non-hydrogen) atoms. The molecular weight excluding hydrogens is 172 g/mol. The monoisotopic (exact) mass is 188 g/mol. The molecule has 0 N–H and O–H groups in total. The predicted molar refractivity (Wildman–Crippen MR) is 59.6 cm³/mol. The lowest BCUT2D eigenvalue weighted by molar-refractivity contribution is 0.103. The maximum absolute atomic E-state index is 11.8. The molecule has 1 rings (SSSR count). The van der Waals surface area contributed by atoms with Crippen molar-refractivity contribution in [1.82, 2.24) is 0 Å². The number of carbonyl (C=O) groups is 1. The molecule has 0 aliphatic heterocycles. The summed E-state index contributed by atoms with van der Waals surface area (Å²) in [6.45, 7) is 7.81. The third-order valence-electron chi connectivity index (χ3n) is 2.40. The van der Waals surface area contributed by atoms with Crippen LogP contribution < -0.4 is 0 Å². The molecule has 0 saturated heterocycles. The van der Waals surface area contributed by atoms with Crippen LogP contribution in [0.15, 0.2) is 35.4 Å². The molecule has 0 amide bonds. The highest BCUT2D eigenvalue weighted by Gasteiger charge is 2.08.